The van der Waals surface area contributed by atoms with E-state index in [-0.39, 0.29) is 5.91 Å². The summed E-state index contributed by atoms with van der Waals surface area (Å²) in [6.45, 7) is 2.46. The van der Waals surface area contributed by atoms with E-state index in [4.69, 9.17) is 5.73 Å². The number of hydrogen-bond acceptors (Lipinski definition) is 5. The van der Waals surface area contributed by atoms with Crippen LogP contribution in [0.5, 0.6) is 0 Å². The first-order valence-corrected chi connectivity index (χ1v) is 6.65. The maximum atomic E-state index is 11.7. The van der Waals surface area contributed by atoms with Crippen molar-refractivity contribution in [1.82, 2.24) is 15.3 Å². The minimum absolute atomic E-state index is 0.123. The number of hydrogen-bond donors (Lipinski definition) is 2. The lowest BCUT2D eigenvalue weighted by Crippen LogP contribution is -2.22. The molecule has 1 aromatic carbocycles. The highest BCUT2D eigenvalue weighted by Crippen LogP contribution is 2.29. The van der Waals surface area contributed by atoms with Gasteiger partial charge in [-0.25, -0.2) is 9.97 Å². The first kappa shape index (κ1) is 13.4. The molecule has 2 aromatic rings. The zero-order valence-electron chi connectivity index (χ0n) is 10.5. The van der Waals surface area contributed by atoms with Crippen LogP contribution in [0.2, 0.25) is 0 Å². The van der Waals surface area contributed by atoms with E-state index in [2.05, 4.69) is 15.3 Å². The molecule has 6 heteroatoms. The Morgan fingerprint density at radius 2 is 2.11 bits per heavy atom. The van der Waals surface area contributed by atoms with Crippen LogP contribution in [0.15, 0.2) is 46.7 Å². The minimum atomic E-state index is -0.123. The molecule has 3 N–H and O–H groups in total. The van der Waals surface area contributed by atoms with Crippen LogP contribution in [-0.2, 0) is 0 Å². The monoisotopic (exact) mass is 274 g/mol. The van der Waals surface area contributed by atoms with E-state index in [1.807, 2.05) is 6.92 Å². The molecule has 5 nitrogen and oxygen atoms in total. The molecule has 0 aliphatic carbocycles. The van der Waals surface area contributed by atoms with Crippen molar-refractivity contribution in [3.05, 3.63) is 42.2 Å². The molecule has 19 heavy (non-hydrogen) atoms. The van der Waals surface area contributed by atoms with Crippen molar-refractivity contribution >= 4 is 23.4 Å². The summed E-state index contributed by atoms with van der Waals surface area (Å²) in [5.74, 6) is -0.123. The zero-order valence-corrected chi connectivity index (χ0v) is 11.3. The number of rotatable bonds is 4. The van der Waals surface area contributed by atoms with Gasteiger partial charge in [0, 0.05) is 35.1 Å². The third-order valence-electron chi connectivity index (χ3n) is 2.35. The lowest BCUT2D eigenvalue weighted by Gasteiger charge is -2.07. The number of carbonyl (C=O) groups excluding carboxylic acids is 1. The number of aromatic nitrogens is 2. The third kappa shape index (κ3) is 3.45. The Balaban J connectivity index is 2.18. The van der Waals surface area contributed by atoms with Crippen molar-refractivity contribution in [1.29, 1.82) is 0 Å². The molecule has 0 aliphatic heterocycles. The minimum Gasteiger partial charge on any atom is -0.398 e. The standard InChI is InChI=1S/C13H14N4OS/c1-2-15-12(18)9-4-5-11(10(14)8-9)19-13-16-6-3-7-17-13/h3-8H,2,14H2,1H3,(H,15,18). The van der Waals surface area contributed by atoms with Gasteiger partial charge in [-0.3, -0.25) is 4.79 Å². The van der Waals surface area contributed by atoms with Crippen LogP contribution in [0.1, 0.15) is 17.3 Å². The van der Waals surface area contributed by atoms with Gasteiger partial charge in [-0.15, -0.1) is 0 Å². The summed E-state index contributed by atoms with van der Waals surface area (Å²) in [6, 6.07) is 6.97. The van der Waals surface area contributed by atoms with Crippen LogP contribution in [0.4, 0.5) is 5.69 Å². The van der Waals surface area contributed by atoms with E-state index in [1.54, 1.807) is 36.7 Å². The second-order valence-electron chi connectivity index (χ2n) is 3.75. The number of nitrogens with two attached hydrogens (primary N) is 1. The van der Waals surface area contributed by atoms with Crippen LogP contribution in [0.25, 0.3) is 0 Å². The first-order valence-electron chi connectivity index (χ1n) is 5.83. The number of nitrogens with one attached hydrogen (secondary N) is 1. The topological polar surface area (TPSA) is 80.9 Å². The van der Waals surface area contributed by atoms with Gasteiger partial charge in [-0.05, 0) is 43.0 Å². The summed E-state index contributed by atoms with van der Waals surface area (Å²) in [5.41, 5.74) is 7.04. The fourth-order valence-corrected chi connectivity index (χ4v) is 2.22. The van der Waals surface area contributed by atoms with Crippen molar-refractivity contribution in [2.45, 2.75) is 17.0 Å². The van der Waals surface area contributed by atoms with E-state index >= 15 is 0 Å². The smallest absolute Gasteiger partial charge is 0.251 e. The Kier molecular flexibility index (Phi) is 4.35. The Bertz CT molecular complexity index is 574. The van der Waals surface area contributed by atoms with E-state index < -0.39 is 0 Å². The molecule has 2 rings (SSSR count). The summed E-state index contributed by atoms with van der Waals surface area (Å²) in [7, 11) is 0. The number of carbonyl (C=O) groups is 1. The summed E-state index contributed by atoms with van der Waals surface area (Å²) in [4.78, 5) is 20.7. The molecule has 1 amide bonds. The SMILES string of the molecule is CCNC(=O)c1ccc(Sc2ncccn2)c(N)c1. The van der Waals surface area contributed by atoms with E-state index in [0.717, 1.165) is 4.90 Å². The summed E-state index contributed by atoms with van der Waals surface area (Å²) in [6.07, 6.45) is 3.35. The predicted molar refractivity (Wildman–Crippen MR) is 75.0 cm³/mol. The van der Waals surface area contributed by atoms with Crippen molar-refractivity contribution < 1.29 is 4.79 Å². The largest absolute Gasteiger partial charge is 0.398 e. The fraction of sp³-hybridized carbons (Fsp3) is 0.154. The number of nitrogen functional groups attached to an aromatic ring is 1. The number of amides is 1. The van der Waals surface area contributed by atoms with Gasteiger partial charge in [0.05, 0.1) is 0 Å². The van der Waals surface area contributed by atoms with Gasteiger partial charge in [0.25, 0.3) is 5.91 Å². The van der Waals surface area contributed by atoms with Crippen LogP contribution < -0.4 is 11.1 Å². The molecule has 0 fully saturated rings. The van der Waals surface area contributed by atoms with E-state index in [1.165, 1.54) is 11.8 Å². The van der Waals surface area contributed by atoms with Crippen molar-refractivity contribution in [2.75, 3.05) is 12.3 Å². The molecule has 0 saturated heterocycles. The molecule has 0 unspecified atom stereocenters. The van der Waals surface area contributed by atoms with Crippen molar-refractivity contribution in [2.24, 2.45) is 0 Å². The molecule has 1 heterocycles. The molecule has 0 atom stereocenters. The normalized spacial score (nSPS) is 10.2. The molecular formula is C13H14N4OS. The molecule has 0 bridgehead atoms. The number of nitrogens with zero attached hydrogens (tertiary/aromatic N) is 2. The summed E-state index contributed by atoms with van der Waals surface area (Å²) < 4.78 is 0. The molecule has 1 aromatic heterocycles. The van der Waals surface area contributed by atoms with Gasteiger partial charge in [-0.2, -0.15) is 0 Å². The van der Waals surface area contributed by atoms with Crippen LogP contribution in [0.3, 0.4) is 0 Å². The Hall–Kier alpha value is -2.08. The van der Waals surface area contributed by atoms with Gasteiger partial charge in [0.2, 0.25) is 0 Å². The average molecular weight is 274 g/mol. The van der Waals surface area contributed by atoms with Crippen LogP contribution in [-0.4, -0.2) is 22.4 Å². The van der Waals surface area contributed by atoms with Gasteiger partial charge >= 0.3 is 0 Å². The molecule has 0 spiro atoms. The second-order valence-corrected chi connectivity index (χ2v) is 4.75. The summed E-state index contributed by atoms with van der Waals surface area (Å²) >= 11 is 1.37. The second kappa shape index (κ2) is 6.19. The zero-order chi connectivity index (χ0) is 13.7. The van der Waals surface area contributed by atoms with E-state index in [0.29, 0.717) is 23.0 Å². The molecule has 0 saturated carbocycles. The summed E-state index contributed by atoms with van der Waals surface area (Å²) in [5, 5.41) is 3.36. The fourth-order valence-electron chi connectivity index (χ4n) is 1.48. The maximum absolute atomic E-state index is 11.7. The highest BCUT2D eigenvalue weighted by atomic mass is 32.2. The molecule has 0 radical (unpaired) electrons. The van der Waals surface area contributed by atoms with Gasteiger partial charge in [-0.1, -0.05) is 0 Å². The van der Waals surface area contributed by atoms with Crippen LogP contribution in [0, 0.1) is 0 Å². The third-order valence-corrected chi connectivity index (χ3v) is 3.34. The molecule has 98 valence electrons. The lowest BCUT2D eigenvalue weighted by molar-refractivity contribution is 0.0956. The average Bonchev–Trinajstić information content (AvgIpc) is 2.42. The molecule has 0 aliphatic rings. The van der Waals surface area contributed by atoms with Gasteiger partial charge in [0.1, 0.15) is 0 Å². The quantitative estimate of drug-likeness (QED) is 0.658. The Labute approximate surface area is 115 Å². The van der Waals surface area contributed by atoms with Crippen molar-refractivity contribution in [3.63, 3.8) is 0 Å². The lowest BCUT2D eigenvalue weighted by atomic mass is 10.2. The Morgan fingerprint density at radius 3 is 2.74 bits per heavy atom. The number of benzene rings is 1. The predicted octanol–water partition coefficient (Wildman–Crippen LogP) is 1.96. The molecular weight excluding hydrogens is 260 g/mol. The van der Waals surface area contributed by atoms with Gasteiger partial charge in [0.15, 0.2) is 5.16 Å². The first-order chi connectivity index (χ1) is 9.20. The highest BCUT2D eigenvalue weighted by Gasteiger charge is 2.09. The highest BCUT2D eigenvalue weighted by molar-refractivity contribution is 7.99. The van der Waals surface area contributed by atoms with Gasteiger partial charge < -0.3 is 11.1 Å². The van der Waals surface area contributed by atoms with Crippen molar-refractivity contribution in [3.8, 4) is 0 Å². The Morgan fingerprint density at radius 1 is 1.37 bits per heavy atom. The van der Waals surface area contributed by atoms with Crippen LogP contribution >= 0.6 is 11.8 Å². The van der Waals surface area contributed by atoms with E-state index in [9.17, 15) is 4.79 Å². The number of anilines is 1. The maximum Gasteiger partial charge on any atom is 0.251 e.